The highest BCUT2D eigenvalue weighted by molar-refractivity contribution is 7.15. The van der Waals surface area contributed by atoms with Crippen molar-refractivity contribution in [2.24, 2.45) is 0 Å². The number of nitrogens with zero attached hydrogens (tertiary/aromatic N) is 3. The predicted molar refractivity (Wildman–Crippen MR) is 104 cm³/mol. The third-order valence-electron chi connectivity index (χ3n) is 3.77. The van der Waals surface area contributed by atoms with Crippen LogP contribution in [0, 0.1) is 0 Å². The summed E-state index contributed by atoms with van der Waals surface area (Å²) in [6, 6.07) is 14.8. The molecular weight excluding hydrogens is 370 g/mol. The van der Waals surface area contributed by atoms with Crippen LogP contribution >= 0.6 is 22.9 Å². The average Bonchev–Trinajstić information content (AvgIpc) is 3.18. The van der Waals surface area contributed by atoms with Gasteiger partial charge in [0.2, 0.25) is 4.96 Å². The SMILES string of the molecule is CCOc1ccc(-c2nc3s/c(=C/c4ccc(Cl)cc4)c(=O)n3n2)cc1. The molecule has 7 heteroatoms. The van der Waals surface area contributed by atoms with Crippen LogP contribution in [0.3, 0.4) is 0 Å². The van der Waals surface area contributed by atoms with Gasteiger partial charge in [0.15, 0.2) is 5.82 Å². The van der Waals surface area contributed by atoms with E-state index >= 15 is 0 Å². The zero-order valence-corrected chi connectivity index (χ0v) is 15.4. The largest absolute Gasteiger partial charge is 0.494 e. The van der Waals surface area contributed by atoms with Gasteiger partial charge in [-0.25, -0.2) is 0 Å². The second-order valence-electron chi connectivity index (χ2n) is 5.55. The van der Waals surface area contributed by atoms with Gasteiger partial charge in [-0.2, -0.15) is 9.50 Å². The first kappa shape index (κ1) is 16.8. The Bertz CT molecular complexity index is 1160. The Labute approximate surface area is 158 Å². The summed E-state index contributed by atoms with van der Waals surface area (Å²) in [5, 5.41) is 5.02. The summed E-state index contributed by atoms with van der Waals surface area (Å²) in [6.07, 6.45) is 1.82. The molecular formula is C19H14ClN3O2S. The standard InChI is InChI=1S/C19H14ClN3O2S/c1-2-25-15-9-5-13(6-10-15)17-21-19-23(22-17)18(24)16(26-19)11-12-3-7-14(20)8-4-12/h3-11H,2H2,1H3/b16-11+. The van der Waals surface area contributed by atoms with Crippen molar-refractivity contribution >= 4 is 34.0 Å². The lowest BCUT2D eigenvalue weighted by atomic mass is 10.2. The van der Waals surface area contributed by atoms with Gasteiger partial charge in [0.1, 0.15) is 5.75 Å². The van der Waals surface area contributed by atoms with Gasteiger partial charge < -0.3 is 4.74 Å². The smallest absolute Gasteiger partial charge is 0.291 e. The van der Waals surface area contributed by atoms with Crippen LogP contribution in [0.1, 0.15) is 12.5 Å². The van der Waals surface area contributed by atoms with Gasteiger partial charge in [0.05, 0.1) is 11.1 Å². The molecule has 0 bridgehead atoms. The minimum atomic E-state index is -0.176. The van der Waals surface area contributed by atoms with E-state index in [1.165, 1.54) is 15.9 Å². The fourth-order valence-corrected chi connectivity index (χ4v) is 3.57. The Morgan fingerprint density at radius 3 is 2.54 bits per heavy atom. The summed E-state index contributed by atoms with van der Waals surface area (Å²) in [5.74, 6) is 1.32. The Balaban J connectivity index is 1.71. The van der Waals surface area contributed by atoms with E-state index in [0.29, 0.717) is 26.9 Å². The van der Waals surface area contributed by atoms with E-state index in [9.17, 15) is 4.79 Å². The molecule has 0 saturated heterocycles. The van der Waals surface area contributed by atoms with Crippen LogP contribution in [0.15, 0.2) is 53.3 Å². The number of halogens is 1. The second-order valence-corrected chi connectivity index (χ2v) is 7.00. The first-order valence-corrected chi connectivity index (χ1v) is 9.23. The normalized spacial score (nSPS) is 12.0. The number of rotatable bonds is 4. The zero-order chi connectivity index (χ0) is 18.1. The van der Waals surface area contributed by atoms with Crippen molar-refractivity contribution in [1.82, 2.24) is 14.6 Å². The molecule has 4 rings (SSSR count). The summed E-state index contributed by atoms with van der Waals surface area (Å²) in [4.78, 5) is 17.6. The summed E-state index contributed by atoms with van der Waals surface area (Å²) in [6.45, 7) is 2.55. The third-order valence-corrected chi connectivity index (χ3v) is 4.98. The van der Waals surface area contributed by atoms with Gasteiger partial charge in [-0.3, -0.25) is 4.79 Å². The molecule has 130 valence electrons. The molecule has 26 heavy (non-hydrogen) atoms. The maximum absolute atomic E-state index is 12.6. The van der Waals surface area contributed by atoms with Crippen LogP contribution in [0.5, 0.6) is 5.75 Å². The number of hydrogen-bond acceptors (Lipinski definition) is 5. The molecule has 0 amide bonds. The van der Waals surface area contributed by atoms with E-state index in [2.05, 4.69) is 10.1 Å². The number of hydrogen-bond donors (Lipinski definition) is 0. The van der Waals surface area contributed by atoms with E-state index in [-0.39, 0.29) is 5.56 Å². The number of ether oxygens (including phenoxy) is 1. The number of fused-ring (bicyclic) bond motifs is 1. The van der Waals surface area contributed by atoms with Gasteiger partial charge in [-0.05, 0) is 55.0 Å². The van der Waals surface area contributed by atoms with Crippen LogP contribution in [0.25, 0.3) is 22.4 Å². The molecule has 0 N–H and O–H groups in total. The Morgan fingerprint density at radius 1 is 1.15 bits per heavy atom. The molecule has 2 aromatic heterocycles. The maximum atomic E-state index is 12.6. The van der Waals surface area contributed by atoms with Gasteiger partial charge >= 0.3 is 0 Å². The van der Waals surface area contributed by atoms with Gasteiger partial charge in [-0.15, -0.1) is 5.10 Å². The Hall–Kier alpha value is -2.70. The lowest BCUT2D eigenvalue weighted by Crippen LogP contribution is -2.23. The van der Waals surface area contributed by atoms with E-state index in [1.807, 2.05) is 49.4 Å². The molecule has 0 saturated carbocycles. The number of benzene rings is 2. The number of thiazole rings is 1. The lowest BCUT2D eigenvalue weighted by molar-refractivity contribution is 0.340. The summed E-state index contributed by atoms with van der Waals surface area (Å²) in [5.41, 5.74) is 1.57. The van der Waals surface area contributed by atoms with Crippen molar-refractivity contribution in [1.29, 1.82) is 0 Å². The molecule has 0 aliphatic carbocycles. The molecule has 0 aliphatic heterocycles. The Kier molecular flexibility index (Phi) is 4.44. The summed E-state index contributed by atoms with van der Waals surface area (Å²) >= 11 is 7.20. The topological polar surface area (TPSA) is 56.5 Å². The van der Waals surface area contributed by atoms with Crippen LogP contribution in [0.2, 0.25) is 5.02 Å². The predicted octanol–water partition coefficient (Wildman–Crippen LogP) is 3.42. The van der Waals surface area contributed by atoms with Crippen molar-refractivity contribution in [3.8, 4) is 17.1 Å². The maximum Gasteiger partial charge on any atom is 0.291 e. The van der Waals surface area contributed by atoms with E-state index < -0.39 is 0 Å². The van der Waals surface area contributed by atoms with E-state index in [1.54, 1.807) is 12.1 Å². The molecule has 0 atom stereocenters. The van der Waals surface area contributed by atoms with Crippen molar-refractivity contribution < 1.29 is 4.74 Å². The lowest BCUT2D eigenvalue weighted by Gasteiger charge is -2.02. The van der Waals surface area contributed by atoms with Crippen molar-refractivity contribution in [3.05, 3.63) is 74.0 Å². The fourth-order valence-electron chi connectivity index (χ4n) is 2.53. The molecule has 0 radical (unpaired) electrons. The molecule has 0 fully saturated rings. The monoisotopic (exact) mass is 383 g/mol. The van der Waals surface area contributed by atoms with Crippen molar-refractivity contribution in [2.75, 3.05) is 6.61 Å². The molecule has 2 aromatic carbocycles. The Morgan fingerprint density at radius 2 is 1.88 bits per heavy atom. The first-order valence-electron chi connectivity index (χ1n) is 8.04. The highest BCUT2D eigenvalue weighted by Crippen LogP contribution is 2.20. The van der Waals surface area contributed by atoms with Crippen molar-refractivity contribution in [2.45, 2.75) is 6.92 Å². The minimum Gasteiger partial charge on any atom is -0.494 e. The molecule has 2 heterocycles. The third kappa shape index (κ3) is 3.21. The molecule has 5 nitrogen and oxygen atoms in total. The van der Waals surface area contributed by atoms with E-state index in [0.717, 1.165) is 16.9 Å². The van der Waals surface area contributed by atoms with Crippen molar-refractivity contribution in [3.63, 3.8) is 0 Å². The summed E-state index contributed by atoms with van der Waals surface area (Å²) < 4.78 is 7.36. The highest BCUT2D eigenvalue weighted by atomic mass is 35.5. The molecule has 0 unspecified atom stereocenters. The van der Waals surface area contributed by atoms with Gasteiger partial charge in [0, 0.05) is 10.6 Å². The molecule has 4 aromatic rings. The molecule has 0 spiro atoms. The quantitative estimate of drug-likeness (QED) is 0.542. The van der Waals surface area contributed by atoms with Crippen LogP contribution in [-0.4, -0.2) is 21.2 Å². The molecule has 0 aliphatic rings. The van der Waals surface area contributed by atoms with Crippen LogP contribution < -0.4 is 14.8 Å². The first-order chi connectivity index (χ1) is 12.6. The van der Waals surface area contributed by atoms with Gasteiger partial charge in [-0.1, -0.05) is 35.1 Å². The van der Waals surface area contributed by atoms with Gasteiger partial charge in [0.25, 0.3) is 5.56 Å². The number of aromatic nitrogens is 3. The zero-order valence-electron chi connectivity index (χ0n) is 13.8. The highest BCUT2D eigenvalue weighted by Gasteiger charge is 2.12. The second kappa shape index (κ2) is 6.90. The van der Waals surface area contributed by atoms with Crippen LogP contribution in [0.4, 0.5) is 0 Å². The fraction of sp³-hybridized carbons (Fsp3) is 0.105. The summed E-state index contributed by atoms with van der Waals surface area (Å²) in [7, 11) is 0. The van der Waals surface area contributed by atoms with Crippen LogP contribution in [-0.2, 0) is 0 Å². The average molecular weight is 384 g/mol. The minimum absolute atomic E-state index is 0.176. The van der Waals surface area contributed by atoms with E-state index in [4.69, 9.17) is 16.3 Å².